The fourth-order valence-electron chi connectivity index (χ4n) is 4.19. The molecule has 4 aromatic rings. The van der Waals surface area contributed by atoms with Crippen LogP contribution in [0, 0.1) is 6.92 Å². The van der Waals surface area contributed by atoms with Crippen LogP contribution >= 0.6 is 11.3 Å². The molecule has 2 N–H and O–H groups in total. The molecule has 4 heterocycles. The van der Waals surface area contributed by atoms with Crippen LogP contribution in [0.5, 0.6) is 0 Å². The highest BCUT2D eigenvalue weighted by Gasteiger charge is 2.22. The lowest BCUT2D eigenvalue weighted by atomic mass is 10.2. The molecule has 0 unspecified atom stereocenters. The third kappa shape index (κ3) is 4.24. The molecule has 0 aliphatic carbocycles. The summed E-state index contributed by atoms with van der Waals surface area (Å²) in [6.07, 6.45) is 7.35. The number of benzene rings is 1. The molecule has 1 aromatic carbocycles. The molecule has 9 nitrogen and oxygen atoms in total. The van der Waals surface area contributed by atoms with Crippen LogP contribution in [0.2, 0.25) is 0 Å². The van der Waals surface area contributed by atoms with Gasteiger partial charge in [0.05, 0.1) is 22.5 Å². The zero-order valence-corrected chi connectivity index (χ0v) is 19.5. The topological polar surface area (TPSA) is 111 Å². The second-order valence-electron chi connectivity index (χ2n) is 8.26. The number of rotatable bonds is 5. The third-order valence-electron chi connectivity index (χ3n) is 5.95. The fraction of sp³-hybridized carbons (Fsp3) is 0.292. The van der Waals surface area contributed by atoms with Crippen LogP contribution in [-0.2, 0) is 17.8 Å². The zero-order chi connectivity index (χ0) is 23.7. The SMILES string of the molecule is Cc1c(C(=O)NCC(=O)Nc2ccc(-n3cccn3)cc2)sc2nc3n(c(=O)c12)CCCCC3. The van der Waals surface area contributed by atoms with Crippen molar-refractivity contribution in [2.75, 3.05) is 11.9 Å². The highest BCUT2D eigenvalue weighted by molar-refractivity contribution is 7.20. The van der Waals surface area contributed by atoms with E-state index >= 15 is 0 Å². The molecule has 0 saturated carbocycles. The van der Waals surface area contributed by atoms with E-state index in [0.29, 0.717) is 32.9 Å². The zero-order valence-electron chi connectivity index (χ0n) is 18.7. The van der Waals surface area contributed by atoms with E-state index in [-0.39, 0.29) is 23.9 Å². The number of aromatic nitrogens is 4. The van der Waals surface area contributed by atoms with Crippen LogP contribution in [0.3, 0.4) is 0 Å². The van der Waals surface area contributed by atoms with Gasteiger partial charge in [-0.3, -0.25) is 19.0 Å². The first-order chi connectivity index (χ1) is 16.5. The van der Waals surface area contributed by atoms with Gasteiger partial charge in [-0.25, -0.2) is 9.67 Å². The van der Waals surface area contributed by atoms with Crippen LogP contribution in [0.1, 0.15) is 40.3 Å². The van der Waals surface area contributed by atoms with Crippen molar-refractivity contribution in [3.63, 3.8) is 0 Å². The van der Waals surface area contributed by atoms with Crippen molar-refractivity contribution in [1.82, 2.24) is 24.6 Å². The van der Waals surface area contributed by atoms with Crippen molar-refractivity contribution >= 4 is 39.1 Å². The predicted octanol–water partition coefficient (Wildman–Crippen LogP) is 3.05. The normalized spacial score (nSPS) is 13.3. The Morgan fingerprint density at radius 2 is 1.97 bits per heavy atom. The molecule has 34 heavy (non-hydrogen) atoms. The number of carbonyl (C=O) groups excluding carboxylic acids is 2. The van der Waals surface area contributed by atoms with E-state index in [0.717, 1.165) is 37.2 Å². The second kappa shape index (κ2) is 9.22. The second-order valence-corrected chi connectivity index (χ2v) is 9.26. The van der Waals surface area contributed by atoms with Crippen molar-refractivity contribution in [3.05, 3.63) is 69.3 Å². The minimum Gasteiger partial charge on any atom is -0.342 e. The lowest BCUT2D eigenvalue weighted by Crippen LogP contribution is -2.32. The summed E-state index contributed by atoms with van der Waals surface area (Å²) in [7, 11) is 0. The Bertz CT molecular complexity index is 1420. The molecule has 3 aromatic heterocycles. The summed E-state index contributed by atoms with van der Waals surface area (Å²) in [5.74, 6) is 0.0642. The number of carbonyl (C=O) groups is 2. The highest BCUT2D eigenvalue weighted by Crippen LogP contribution is 2.28. The average Bonchev–Trinajstić information content (AvgIpc) is 3.41. The van der Waals surface area contributed by atoms with Gasteiger partial charge >= 0.3 is 0 Å². The summed E-state index contributed by atoms with van der Waals surface area (Å²) >= 11 is 1.21. The van der Waals surface area contributed by atoms with Crippen molar-refractivity contribution in [2.45, 2.75) is 39.2 Å². The van der Waals surface area contributed by atoms with Crippen molar-refractivity contribution in [3.8, 4) is 5.69 Å². The minimum atomic E-state index is -0.385. The van der Waals surface area contributed by atoms with Crippen molar-refractivity contribution in [1.29, 1.82) is 0 Å². The largest absolute Gasteiger partial charge is 0.342 e. The highest BCUT2D eigenvalue weighted by atomic mass is 32.1. The maximum Gasteiger partial charge on any atom is 0.262 e. The number of fused-ring (bicyclic) bond motifs is 2. The van der Waals surface area contributed by atoms with Gasteiger partial charge in [0.1, 0.15) is 10.7 Å². The van der Waals surface area contributed by atoms with Crippen LogP contribution < -0.4 is 16.2 Å². The molecular weight excluding hydrogens is 452 g/mol. The first-order valence-electron chi connectivity index (χ1n) is 11.2. The number of thiophene rings is 1. The van der Waals surface area contributed by atoms with Gasteiger partial charge in [0.25, 0.3) is 11.5 Å². The van der Waals surface area contributed by atoms with E-state index < -0.39 is 0 Å². The molecule has 2 amide bonds. The van der Waals surface area contributed by atoms with Crippen molar-refractivity contribution in [2.24, 2.45) is 0 Å². The van der Waals surface area contributed by atoms with Gasteiger partial charge in [-0.1, -0.05) is 6.42 Å². The van der Waals surface area contributed by atoms with Gasteiger partial charge in [-0.05, 0) is 55.7 Å². The summed E-state index contributed by atoms with van der Waals surface area (Å²) < 4.78 is 3.47. The number of hydrogen-bond donors (Lipinski definition) is 2. The summed E-state index contributed by atoms with van der Waals surface area (Å²) in [6.45, 7) is 2.25. The van der Waals surface area contributed by atoms with Gasteiger partial charge in [0, 0.05) is 31.0 Å². The fourth-order valence-corrected chi connectivity index (χ4v) is 5.30. The van der Waals surface area contributed by atoms with Crippen LogP contribution in [-0.4, -0.2) is 37.7 Å². The van der Waals surface area contributed by atoms with Gasteiger partial charge in [0.15, 0.2) is 0 Å². The maximum absolute atomic E-state index is 13.1. The number of aryl methyl sites for hydroxylation is 2. The molecule has 5 rings (SSSR count). The summed E-state index contributed by atoms with van der Waals surface area (Å²) in [5, 5.41) is 10.1. The smallest absolute Gasteiger partial charge is 0.262 e. The lowest BCUT2D eigenvalue weighted by molar-refractivity contribution is -0.115. The molecule has 0 fully saturated rings. The Balaban J connectivity index is 1.26. The van der Waals surface area contributed by atoms with E-state index in [2.05, 4.69) is 15.7 Å². The Labute approximate surface area is 199 Å². The summed E-state index contributed by atoms with van der Waals surface area (Å²) in [4.78, 5) is 44.0. The van der Waals surface area contributed by atoms with Crippen LogP contribution in [0.25, 0.3) is 15.9 Å². The number of nitrogens with one attached hydrogen (secondary N) is 2. The Hall–Kier alpha value is -3.79. The van der Waals surface area contributed by atoms with E-state index in [1.807, 2.05) is 24.4 Å². The van der Waals surface area contributed by atoms with Crippen LogP contribution in [0.15, 0.2) is 47.5 Å². The number of nitrogens with zero attached hydrogens (tertiary/aromatic N) is 4. The first kappa shape index (κ1) is 22.0. The molecule has 1 aliphatic rings. The molecule has 0 radical (unpaired) electrons. The van der Waals surface area contributed by atoms with Crippen LogP contribution in [0.4, 0.5) is 5.69 Å². The predicted molar refractivity (Wildman–Crippen MR) is 131 cm³/mol. The van der Waals surface area contributed by atoms with E-state index in [1.54, 1.807) is 34.5 Å². The summed E-state index contributed by atoms with van der Waals surface area (Å²) in [6, 6.07) is 9.06. The van der Waals surface area contributed by atoms with Gasteiger partial charge in [0.2, 0.25) is 5.91 Å². The maximum atomic E-state index is 13.1. The number of hydrogen-bond acceptors (Lipinski definition) is 6. The molecule has 0 bridgehead atoms. The molecule has 0 atom stereocenters. The van der Waals surface area contributed by atoms with E-state index in [9.17, 15) is 14.4 Å². The van der Waals surface area contributed by atoms with Crippen molar-refractivity contribution < 1.29 is 9.59 Å². The van der Waals surface area contributed by atoms with Gasteiger partial charge in [-0.15, -0.1) is 11.3 Å². The molecule has 0 saturated heterocycles. The first-order valence-corrected chi connectivity index (χ1v) is 12.0. The Kier molecular flexibility index (Phi) is 5.97. The average molecular weight is 477 g/mol. The number of amides is 2. The molecular formula is C24H24N6O3S. The quantitative estimate of drug-likeness (QED) is 0.460. The Morgan fingerprint density at radius 3 is 2.74 bits per heavy atom. The van der Waals surface area contributed by atoms with E-state index in [4.69, 9.17) is 4.98 Å². The molecule has 1 aliphatic heterocycles. The molecule has 10 heteroatoms. The lowest BCUT2D eigenvalue weighted by Gasteiger charge is -2.08. The minimum absolute atomic E-state index is 0.0778. The van der Waals surface area contributed by atoms with Gasteiger partial charge < -0.3 is 10.6 Å². The van der Waals surface area contributed by atoms with E-state index in [1.165, 1.54) is 11.3 Å². The number of anilines is 1. The monoisotopic (exact) mass is 476 g/mol. The third-order valence-corrected chi connectivity index (χ3v) is 7.13. The Morgan fingerprint density at radius 1 is 1.15 bits per heavy atom. The molecule has 174 valence electrons. The van der Waals surface area contributed by atoms with Gasteiger partial charge in [-0.2, -0.15) is 5.10 Å². The molecule has 0 spiro atoms. The summed E-state index contributed by atoms with van der Waals surface area (Å²) in [5.41, 5.74) is 2.03. The standard InChI is InChI=1S/C24H24N6O3S/c1-15-20-23(28-18-6-3-2-4-12-29(18)24(20)33)34-21(15)22(32)25-14-19(31)27-16-7-9-17(10-8-16)30-13-5-11-26-30/h5,7-11,13H,2-4,6,12,14H2,1H3,(H,25,32)(H,27,31).